The minimum atomic E-state index is -1.00. The van der Waals surface area contributed by atoms with E-state index in [9.17, 15) is 13.9 Å². The third-order valence-corrected chi connectivity index (χ3v) is 4.67. The van der Waals surface area contributed by atoms with Gasteiger partial charge in [0, 0.05) is 23.0 Å². The summed E-state index contributed by atoms with van der Waals surface area (Å²) < 4.78 is 27.9. The predicted molar refractivity (Wildman–Crippen MR) is 92.8 cm³/mol. The average molecular weight is 350 g/mol. The average Bonchev–Trinajstić information content (AvgIpc) is 3.01. The number of para-hydroxylation sites is 1. The quantitative estimate of drug-likeness (QED) is 0.483. The van der Waals surface area contributed by atoms with Crippen LogP contribution in [0.4, 0.5) is 14.5 Å². The Morgan fingerprint density at radius 2 is 1.81 bits per heavy atom. The van der Waals surface area contributed by atoms with Crippen LogP contribution in [0.2, 0.25) is 0 Å². The molecule has 0 fully saturated rings. The van der Waals surface area contributed by atoms with Crippen molar-refractivity contribution in [2.45, 2.75) is 6.04 Å². The van der Waals surface area contributed by atoms with Crippen LogP contribution in [0.1, 0.15) is 17.2 Å². The molecule has 0 aliphatic carbocycles. The summed E-state index contributed by atoms with van der Waals surface area (Å²) in [5.41, 5.74) is 4.19. The number of phenolic OH excluding ortho intramolecular Hbond substituents is 1. The lowest BCUT2D eigenvalue weighted by atomic mass is 9.98. The normalized spacial score (nSPS) is 15.4. The fraction of sp³-hybridized carbons (Fsp3) is 0.0526. The van der Waals surface area contributed by atoms with Crippen LogP contribution in [0, 0.1) is 11.6 Å². The summed E-state index contributed by atoms with van der Waals surface area (Å²) in [5.74, 6) is -2.99. The monoisotopic (exact) mass is 350 g/mol. The van der Waals surface area contributed by atoms with Gasteiger partial charge in [-0.2, -0.15) is 0 Å². The van der Waals surface area contributed by atoms with Crippen molar-refractivity contribution in [1.82, 2.24) is 15.0 Å². The highest BCUT2D eigenvalue weighted by molar-refractivity contribution is 5.99. The molecule has 1 aliphatic heterocycles. The van der Waals surface area contributed by atoms with Crippen LogP contribution in [-0.4, -0.2) is 20.1 Å². The minimum absolute atomic E-state index is 0.352. The van der Waals surface area contributed by atoms with E-state index in [1.165, 1.54) is 6.33 Å². The second kappa shape index (κ2) is 5.26. The summed E-state index contributed by atoms with van der Waals surface area (Å²) in [7, 11) is 0. The Bertz CT molecular complexity index is 1150. The van der Waals surface area contributed by atoms with Crippen molar-refractivity contribution >= 4 is 16.7 Å². The molecule has 5 rings (SSSR count). The lowest BCUT2D eigenvalue weighted by molar-refractivity contribution is 0.395. The Morgan fingerprint density at radius 1 is 1.04 bits per heavy atom. The molecule has 0 saturated heterocycles. The number of rotatable bonds is 1. The molecule has 3 heterocycles. The van der Waals surface area contributed by atoms with Gasteiger partial charge in [-0.25, -0.2) is 18.7 Å². The molecule has 7 heteroatoms. The predicted octanol–water partition coefficient (Wildman–Crippen LogP) is 4.12. The zero-order chi connectivity index (χ0) is 17.8. The second-order valence-electron chi connectivity index (χ2n) is 6.15. The van der Waals surface area contributed by atoms with Crippen molar-refractivity contribution in [2.75, 3.05) is 5.32 Å². The number of benzene rings is 2. The van der Waals surface area contributed by atoms with E-state index in [0.29, 0.717) is 11.2 Å². The van der Waals surface area contributed by atoms with Gasteiger partial charge in [-0.05, 0) is 23.8 Å². The topological polar surface area (TPSA) is 73.8 Å². The second-order valence-corrected chi connectivity index (χ2v) is 6.15. The van der Waals surface area contributed by atoms with Crippen LogP contribution in [-0.2, 0) is 0 Å². The Balaban J connectivity index is 1.83. The van der Waals surface area contributed by atoms with E-state index >= 15 is 0 Å². The number of aromatic nitrogens is 3. The van der Waals surface area contributed by atoms with Gasteiger partial charge in [0.05, 0.1) is 17.1 Å². The molecule has 1 unspecified atom stereocenters. The zero-order valence-electron chi connectivity index (χ0n) is 13.3. The van der Waals surface area contributed by atoms with Crippen LogP contribution in [0.3, 0.4) is 0 Å². The maximum absolute atomic E-state index is 14.0. The number of nitrogens with zero attached hydrogens (tertiary/aromatic N) is 2. The van der Waals surface area contributed by atoms with Gasteiger partial charge in [0.1, 0.15) is 12.0 Å². The number of halogens is 2. The van der Waals surface area contributed by atoms with Crippen molar-refractivity contribution in [3.05, 3.63) is 71.7 Å². The fourth-order valence-electron chi connectivity index (χ4n) is 3.48. The van der Waals surface area contributed by atoms with E-state index in [1.807, 2.05) is 24.3 Å². The SMILES string of the molecule is Oc1c(F)cc(C2Nc3ccccc3-c3ncnc4[nH]cc2c34)cc1F. The lowest BCUT2D eigenvalue weighted by Gasteiger charge is -2.20. The van der Waals surface area contributed by atoms with Crippen molar-refractivity contribution < 1.29 is 13.9 Å². The maximum atomic E-state index is 14.0. The number of fused-ring (bicyclic) bond motifs is 2. The molecule has 26 heavy (non-hydrogen) atoms. The first kappa shape index (κ1) is 14.8. The number of H-pyrrole nitrogens is 1. The first-order chi connectivity index (χ1) is 12.6. The van der Waals surface area contributed by atoms with E-state index in [0.717, 1.165) is 40.0 Å². The molecule has 2 aromatic carbocycles. The Kier molecular flexibility index (Phi) is 3.00. The van der Waals surface area contributed by atoms with E-state index < -0.39 is 23.4 Å². The molecule has 1 atom stereocenters. The van der Waals surface area contributed by atoms with Crippen LogP contribution in [0.25, 0.3) is 22.3 Å². The van der Waals surface area contributed by atoms with Gasteiger partial charge in [0.25, 0.3) is 0 Å². The van der Waals surface area contributed by atoms with Crippen molar-refractivity contribution in [1.29, 1.82) is 0 Å². The van der Waals surface area contributed by atoms with Gasteiger partial charge in [0.15, 0.2) is 17.4 Å². The molecule has 0 radical (unpaired) electrons. The van der Waals surface area contributed by atoms with E-state index in [4.69, 9.17) is 0 Å². The third kappa shape index (κ3) is 2.00. The summed E-state index contributed by atoms with van der Waals surface area (Å²) in [5, 5.41) is 13.6. The van der Waals surface area contributed by atoms with Crippen molar-refractivity contribution in [3.8, 4) is 17.0 Å². The van der Waals surface area contributed by atoms with Gasteiger partial charge >= 0.3 is 0 Å². The number of hydrogen-bond acceptors (Lipinski definition) is 4. The van der Waals surface area contributed by atoms with Gasteiger partial charge in [-0.15, -0.1) is 0 Å². The molecule has 3 N–H and O–H groups in total. The van der Waals surface area contributed by atoms with E-state index in [-0.39, 0.29) is 0 Å². The Labute approximate surface area is 146 Å². The number of aromatic amines is 1. The molecule has 2 aromatic heterocycles. The summed E-state index contributed by atoms with van der Waals surface area (Å²) in [6.45, 7) is 0. The third-order valence-electron chi connectivity index (χ3n) is 4.67. The number of nitrogens with one attached hydrogen (secondary N) is 2. The molecule has 0 bridgehead atoms. The van der Waals surface area contributed by atoms with Gasteiger partial charge < -0.3 is 15.4 Å². The Morgan fingerprint density at radius 3 is 2.62 bits per heavy atom. The smallest absolute Gasteiger partial charge is 0.187 e. The lowest BCUT2D eigenvalue weighted by Crippen LogP contribution is -2.12. The molecule has 0 spiro atoms. The van der Waals surface area contributed by atoms with Crippen molar-refractivity contribution in [2.24, 2.45) is 0 Å². The number of aromatic hydroxyl groups is 1. The standard InChI is InChI=1S/C19H12F2N4O/c20-12-5-9(6-13(21)18(12)26)16-11-7-22-19-15(11)17(23-8-24-19)10-3-1-2-4-14(10)25-16/h1-8,16,25-26H,(H,22,23,24). The molecule has 4 aromatic rings. The molecule has 0 amide bonds. The molecular formula is C19H12F2N4O. The number of hydrogen-bond donors (Lipinski definition) is 3. The van der Waals surface area contributed by atoms with Gasteiger partial charge in [-0.3, -0.25) is 0 Å². The van der Waals surface area contributed by atoms with Crippen LogP contribution in [0.15, 0.2) is 48.9 Å². The van der Waals surface area contributed by atoms with Crippen molar-refractivity contribution in [3.63, 3.8) is 0 Å². The summed E-state index contributed by atoms with van der Waals surface area (Å²) in [6, 6.07) is 9.32. The number of anilines is 1. The number of phenols is 1. The first-order valence-electron chi connectivity index (χ1n) is 7.99. The summed E-state index contributed by atoms with van der Waals surface area (Å²) in [6.07, 6.45) is 3.24. The van der Waals surface area contributed by atoms with Crippen LogP contribution < -0.4 is 5.32 Å². The molecule has 0 saturated carbocycles. The van der Waals surface area contributed by atoms with Crippen LogP contribution >= 0.6 is 0 Å². The summed E-state index contributed by atoms with van der Waals surface area (Å²) >= 11 is 0. The highest BCUT2D eigenvalue weighted by Crippen LogP contribution is 2.43. The van der Waals surface area contributed by atoms with Gasteiger partial charge in [0.2, 0.25) is 0 Å². The molecule has 1 aliphatic rings. The Hall–Kier alpha value is -3.48. The fourth-order valence-corrected chi connectivity index (χ4v) is 3.48. The first-order valence-corrected chi connectivity index (χ1v) is 7.99. The van der Waals surface area contributed by atoms with E-state index in [1.54, 1.807) is 6.20 Å². The highest BCUT2D eigenvalue weighted by atomic mass is 19.1. The minimum Gasteiger partial charge on any atom is -0.503 e. The molecular weight excluding hydrogens is 338 g/mol. The van der Waals surface area contributed by atoms with E-state index in [2.05, 4.69) is 20.3 Å². The molecule has 128 valence electrons. The summed E-state index contributed by atoms with van der Waals surface area (Å²) in [4.78, 5) is 11.8. The highest BCUT2D eigenvalue weighted by Gasteiger charge is 2.28. The molecule has 5 nitrogen and oxygen atoms in total. The maximum Gasteiger partial charge on any atom is 0.187 e. The van der Waals surface area contributed by atoms with Crippen LogP contribution in [0.5, 0.6) is 5.75 Å². The van der Waals surface area contributed by atoms with Gasteiger partial charge in [-0.1, -0.05) is 18.2 Å². The zero-order valence-corrected chi connectivity index (χ0v) is 13.3. The largest absolute Gasteiger partial charge is 0.503 e.